The van der Waals surface area contributed by atoms with Gasteiger partial charge in [-0.1, -0.05) is 18.2 Å². The molecule has 4 rings (SSSR count). The molecule has 2 heterocycles. The molecule has 0 fully saturated rings. The molecule has 0 aliphatic heterocycles. The van der Waals surface area contributed by atoms with Crippen molar-refractivity contribution in [1.29, 1.82) is 0 Å². The van der Waals surface area contributed by atoms with Gasteiger partial charge in [-0.2, -0.15) is 5.10 Å². The van der Waals surface area contributed by atoms with E-state index in [0.717, 1.165) is 41.6 Å². The van der Waals surface area contributed by atoms with Crippen LogP contribution >= 0.6 is 0 Å². The number of rotatable bonds is 3. The largest absolute Gasteiger partial charge is 0.459 e. The molecule has 1 aliphatic carbocycles. The first-order valence-electron chi connectivity index (χ1n) is 8.23. The molecule has 0 bridgehead atoms. The van der Waals surface area contributed by atoms with Gasteiger partial charge in [0, 0.05) is 23.7 Å². The number of hydrogen-bond donors (Lipinski definition) is 2. The average molecular weight is 324 g/mol. The molecule has 0 saturated carbocycles. The highest BCUT2D eigenvalue weighted by molar-refractivity contribution is 5.78. The van der Waals surface area contributed by atoms with Crippen molar-refractivity contribution in [2.45, 2.75) is 31.8 Å². The number of carbonyl (C=O) groups is 1. The summed E-state index contributed by atoms with van der Waals surface area (Å²) < 4.78 is 7.61. The van der Waals surface area contributed by atoms with Crippen molar-refractivity contribution in [3.05, 3.63) is 53.5 Å². The summed E-state index contributed by atoms with van der Waals surface area (Å²) >= 11 is 0. The highest BCUT2D eigenvalue weighted by Gasteiger charge is 2.24. The lowest BCUT2D eigenvalue weighted by Gasteiger charge is -2.23. The van der Waals surface area contributed by atoms with Gasteiger partial charge in [-0.05, 0) is 31.4 Å². The maximum Gasteiger partial charge on any atom is 0.315 e. The zero-order valence-electron chi connectivity index (χ0n) is 13.6. The average Bonchev–Trinajstić information content (AvgIpc) is 3.17. The zero-order chi connectivity index (χ0) is 16.5. The molecule has 0 saturated heterocycles. The lowest BCUT2D eigenvalue weighted by molar-refractivity contribution is 0.234. The number of nitrogens with one attached hydrogen (secondary N) is 2. The quantitative estimate of drug-likeness (QED) is 0.778. The van der Waals surface area contributed by atoms with Crippen molar-refractivity contribution in [2.75, 3.05) is 0 Å². The van der Waals surface area contributed by atoms with Crippen LogP contribution in [0.1, 0.15) is 35.9 Å². The lowest BCUT2D eigenvalue weighted by Crippen LogP contribution is -2.38. The van der Waals surface area contributed by atoms with Crippen LogP contribution < -0.4 is 10.6 Å². The molecule has 2 amide bonds. The molecule has 3 aromatic rings. The molecule has 1 aliphatic rings. The fourth-order valence-electron chi connectivity index (χ4n) is 3.36. The number of urea groups is 1. The van der Waals surface area contributed by atoms with Crippen molar-refractivity contribution in [2.24, 2.45) is 7.05 Å². The Kier molecular flexibility index (Phi) is 3.72. The zero-order valence-corrected chi connectivity index (χ0v) is 13.6. The maximum atomic E-state index is 12.2. The van der Waals surface area contributed by atoms with E-state index >= 15 is 0 Å². The molecule has 6 heteroatoms. The van der Waals surface area contributed by atoms with Crippen LogP contribution in [0.2, 0.25) is 0 Å². The second kappa shape index (κ2) is 6.03. The first kappa shape index (κ1) is 14.8. The van der Waals surface area contributed by atoms with E-state index in [1.807, 2.05) is 48.3 Å². The summed E-state index contributed by atoms with van der Waals surface area (Å²) in [7, 11) is 1.95. The number of nitrogens with zero attached hydrogens (tertiary/aromatic N) is 2. The first-order valence-corrected chi connectivity index (χ1v) is 8.23. The summed E-state index contributed by atoms with van der Waals surface area (Å²) in [5, 5.41) is 11.3. The minimum atomic E-state index is -0.183. The second-order valence-corrected chi connectivity index (χ2v) is 6.19. The van der Waals surface area contributed by atoms with Gasteiger partial charge >= 0.3 is 6.03 Å². The number of aryl methyl sites for hydroxylation is 1. The van der Waals surface area contributed by atoms with E-state index in [0.29, 0.717) is 6.54 Å². The summed E-state index contributed by atoms with van der Waals surface area (Å²) in [5.41, 5.74) is 3.17. The minimum Gasteiger partial charge on any atom is -0.459 e. The third kappa shape index (κ3) is 2.75. The first-order chi connectivity index (χ1) is 11.7. The molecular formula is C18H20N4O2. The molecular weight excluding hydrogens is 304 g/mol. The lowest BCUT2D eigenvalue weighted by atomic mass is 9.93. The van der Waals surface area contributed by atoms with Crippen LogP contribution in [0.5, 0.6) is 0 Å². The van der Waals surface area contributed by atoms with Crippen LogP contribution in [0, 0.1) is 0 Å². The Labute approximate surface area is 139 Å². The topological polar surface area (TPSA) is 72.1 Å². The van der Waals surface area contributed by atoms with Gasteiger partial charge in [0.25, 0.3) is 0 Å². The minimum absolute atomic E-state index is 0.0260. The molecule has 0 spiro atoms. The summed E-state index contributed by atoms with van der Waals surface area (Å²) in [5.74, 6) is 0.747. The van der Waals surface area contributed by atoms with Crippen LogP contribution in [0.25, 0.3) is 11.0 Å². The number of benzene rings is 1. The fourth-order valence-corrected chi connectivity index (χ4v) is 3.36. The van der Waals surface area contributed by atoms with E-state index in [2.05, 4.69) is 15.7 Å². The summed E-state index contributed by atoms with van der Waals surface area (Å²) in [6.45, 7) is 0.368. The van der Waals surface area contributed by atoms with Gasteiger partial charge in [0.05, 0.1) is 18.8 Å². The van der Waals surface area contributed by atoms with Crippen molar-refractivity contribution < 1.29 is 9.21 Å². The highest BCUT2D eigenvalue weighted by atomic mass is 16.3. The molecule has 2 N–H and O–H groups in total. The highest BCUT2D eigenvalue weighted by Crippen LogP contribution is 2.29. The number of hydrogen-bond acceptors (Lipinski definition) is 3. The number of para-hydroxylation sites is 1. The molecule has 0 radical (unpaired) electrons. The number of carbonyl (C=O) groups excluding carboxylic acids is 1. The SMILES string of the molecule is Cn1ncc2c1CCCC2NC(=O)NCc1cc2ccccc2o1. The second-order valence-electron chi connectivity index (χ2n) is 6.19. The molecule has 1 aromatic carbocycles. The smallest absolute Gasteiger partial charge is 0.315 e. The van der Waals surface area contributed by atoms with Gasteiger partial charge in [-0.15, -0.1) is 0 Å². The van der Waals surface area contributed by atoms with Gasteiger partial charge in [0.15, 0.2) is 0 Å². The fraction of sp³-hybridized carbons (Fsp3) is 0.333. The molecule has 6 nitrogen and oxygen atoms in total. The van der Waals surface area contributed by atoms with Crippen LogP contribution in [-0.2, 0) is 20.0 Å². The number of furan rings is 1. The van der Waals surface area contributed by atoms with Gasteiger partial charge in [-0.3, -0.25) is 4.68 Å². The summed E-state index contributed by atoms with van der Waals surface area (Å²) in [6.07, 6.45) is 4.88. The van der Waals surface area contributed by atoms with Crippen LogP contribution in [0.4, 0.5) is 4.79 Å². The van der Waals surface area contributed by atoms with Crippen LogP contribution in [-0.4, -0.2) is 15.8 Å². The Bertz CT molecular complexity index is 847. The Morgan fingerprint density at radius 3 is 3.17 bits per heavy atom. The summed E-state index contributed by atoms with van der Waals surface area (Å²) in [6, 6.07) is 9.62. The predicted molar refractivity (Wildman–Crippen MR) is 90.5 cm³/mol. The molecule has 1 atom stereocenters. The van der Waals surface area contributed by atoms with E-state index in [1.54, 1.807) is 0 Å². The Morgan fingerprint density at radius 2 is 2.29 bits per heavy atom. The molecule has 1 unspecified atom stereocenters. The summed E-state index contributed by atoms with van der Waals surface area (Å²) in [4.78, 5) is 12.2. The van der Waals surface area contributed by atoms with Crippen LogP contribution in [0.3, 0.4) is 0 Å². The normalized spacial score (nSPS) is 16.8. The Hall–Kier alpha value is -2.76. The number of aromatic nitrogens is 2. The standard InChI is InChI=1S/C18H20N4O2/c1-22-16-7-4-6-15(14(16)11-20-22)21-18(23)19-10-13-9-12-5-2-3-8-17(12)24-13/h2-3,5,8-9,11,15H,4,6-7,10H2,1H3,(H2,19,21,23). The van der Waals surface area contributed by atoms with E-state index in [1.165, 1.54) is 5.69 Å². The third-order valence-electron chi connectivity index (χ3n) is 4.58. The van der Waals surface area contributed by atoms with Gasteiger partial charge in [0.1, 0.15) is 11.3 Å². The number of amides is 2. The van der Waals surface area contributed by atoms with Gasteiger partial charge in [0.2, 0.25) is 0 Å². The Morgan fingerprint density at radius 1 is 1.42 bits per heavy atom. The van der Waals surface area contributed by atoms with Crippen molar-refractivity contribution >= 4 is 17.0 Å². The van der Waals surface area contributed by atoms with Gasteiger partial charge in [-0.25, -0.2) is 4.79 Å². The van der Waals surface area contributed by atoms with Crippen LogP contribution in [0.15, 0.2) is 40.9 Å². The van der Waals surface area contributed by atoms with E-state index in [9.17, 15) is 4.79 Å². The number of fused-ring (bicyclic) bond motifs is 2. The van der Waals surface area contributed by atoms with E-state index in [-0.39, 0.29) is 12.1 Å². The predicted octanol–water partition coefficient (Wildman–Crippen LogP) is 3.04. The van der Waals surface area contributed by atoms with Crippen molar-refractivity contribution in [3.63, 3.8) is 0 Å². The van der Waals surface area contributed by atoms with Crippen molar-refractivity contribution in [1.82, 2.24) is 20.4 Å². The molecule has 24 heavy (non-hydrogen) atoms. The van der Waals surface area contributed by atoms with Gasteiger partial charge < -0.3 is 15.1 Å². The molecule has 2 aromatic heterocycles. The van der Waals surface area contributed by atoms with E-state index in [4.69, 9.17) is 4.42 Å². The molecule has 124 valence electrons. The third-order valence-corrected chi connectivity index (χ3v) is 4.58. The monoisotopic (exact) mass is 324 g/mol. The Balaban J connectivity index is 1.39. The maximum absolute atomic E-state index is 12.2. The van der Waals surface area contributed by atoms with E-state index < -0.39 is 0 Å². The van der Waals surface area contributed by atoms with Crippen molar-refractivity contribution in [3.8, 4) is 0 Å².